The monoisotopic (exact) mass is 179 g/mol. The summed E-state index contributed by atoms with van der Waals surface area (Å²) in [6.07, 6.45) is 2.07. The summed E-state index contributed by atoms with van der Waals surface area (Å²) in [5.41, 5.74) is 5.03. The van der Waals surface area contributed by atoms with Crippen molar-refractivity contribution in [2.45, 2.75) is 6.42 Å². The minimum Gasteiger partial charge on any atom is -0.370 e. The third kappa shape index (κ3) is 3.11. The fourth-order valence-electron chi connectivity index (χ4n) is 0.972. The van der Waals surface area contributed by atoms with Crippen molar-refractivity contribution in [3.8, 4) is 0 Å². The molecule has 2 N–H and O–H groups in total. The van der Waals surface area contributed by atoms with Crippen molar-refractivity contribution in [2.24, 2.45) is 5.73 Å². The van der Waals surface area contributed by atoms with E-state index in [2.05, 4.69) is 4.98 Å². The molecule has 1 aromatic rings. The second-order valence-electron chi connectivity index (χ2n) is 2.83. The highest BCUT2D eigenvalue weighted by atomic mass is 16.1. The second kappa shape index (κ2) is 4.45. The number of rotatable bonds is 4. The number of carbonyl (C=O) groups excluding carboxylic acids is 1. The largest absolute Gasteiger partial charge is 0.370 e. The zero-order valence-electron chi connectivity index (χ0n) is 7.60. The predicted octanol–water partition coefficient (Wildman–Crippen LogP) is 0.393. The minimum absolute atomic E-state index is 0.289. The summed E-state index contributed by atoms with van der Waals surface area (Å²) in [4.78, 5) is 16.5. The Kier molecular flexibility index (Phi) is 3.25. The van der Waals surface area contributed by atoms with Crippen LogP contribution in [-0.2, 0) is 4.79 Å². The molecule has 4 nitrogen and oxygen atoms in total. The number of hydrogen-bond acceptors (Lipinski definition) is 3. The highest BCUT2D eigenvalue weighted by Crippen LogP contribution is 2.06. The molecule has 1 heterocycles. The average Bonchev–Trinajstić information content (AvgIpc) is 2.15. The van der Waals surface area contributed by atoms with E-state index < -0.39 is 0 Å². The first-order valence-corrected chi connectivity index (χ1v) is 4.10. The SMILES string of the molecule is CN(CCC(N)=O)c1ccccn1. The van der Waals surface area contributed by atoms with Gasteiger partial charge >= 0.3 is 0 Å². The quantitative estimate of drug-likeness (QED) is 0.727. The van der Waals surface area contributed by atoms with Crippen LogP contribution in [0.25, 0.3) is 0 Å². The molecular weight excluding hydrogens is 166 g/mol. The van der Waals surface area contributed by atoms with Gasteiger partial charge in [0.25, 0.3) is 0 Å². The van der Waals surface area contributed by atoms with Gasteiger partial charge in [0.2, 0.25) is 5.91 Å². The first kappa shape index (κ1) is 9.51. The van der Waals surface area contributed by atoms with E-state index >= 15 is 0 Å². The maximum atomic E-state index is 10.5. The number of carbonyl (C=O) groups is 1. The van der Waals surface area contributed by atoms with Gasteiger partial charge in [-0.25, -0.2) is 4.98 Å². The number of nitrogens with two attached hydrogens (primary N) is 1. The van der Waals surface area contributed by atoms with Crippen LogP contribution in [-0.4, -0.2) is 24.5 Å². The van der Waals surface area contributed by atoms with E-state index in [9.17, 15) is 4.79 Å². The molecule has 0 atom stereocenters. The van der Waals surface area contributed by atoms with Gasteiger partial charge in [-0.1, -0.05) is 6.07 Å². The average molecular weight is 179 g/mol. The van der Waals surface area contributed by atoms with E-state index in [1.54, 1.807) is 6.20 Å². The Balaban J connectivity index is 2.49. The van der Waals surface area contributed by atoms with E-state index in [4.69, 9.17) is 5.73 Å². The van der Waals surface area contributed by atoms with Crippen LogP contribution >= 0.6 is 0 Å². The number of anilines is 1. The lowest BCUT2D eigenvalue weighted by Gasteiger charge is -2.16. The van der Waals surface area contributed by atoms with Gasteiger partial charge in [-0.15, -0.1) is 0 Å². The number of amides is 1. The lowest BCUT2D eigenvalue weighted by molar-refractivity contribution is -0.117. The lowest BCUT2D eigenvalue weighted by atomic mass is 10.3. The van der Waals surface area contributed by atoms with Crippen LogP contribution in [0.2, 0.25) is 0 Å². The summed E-state index contributed by atoms with van der Waals surface area (Å²) in [7, 11) is 1.88. The molecule has 0 aliphatic carbocycles. The zero-order chi connectivity index (χ0) is 9.68. The van der Waals surface area contributed by atoms with Crippen molar-refractivity contribution >= 4 is 11.7 Å². The number of nitrogens with zero attached hydrogens (tertiary/aromatic N) is 2. The van der Waals surface area contributed by atoms with Crippen molar-refractivity contribution in [2.75, 3.05) is 18.5 Å². The molecule has 0 aliphatic rings. The second-order valence-corrected chi connectivity index (χ2v) is 2.83. The Morgan fingerprint density at radius 2 is 2.38 bits per heavy atom. The summed E-state index contributed by atoms with van der Waals surface area (Å²) < 4.78 is 0. The highest BCUT2D eigenvalue weighted by Gasteiger charge is 2.02. The van der Waals surface area contributed by atoms with Crippen molar-refractivity contribution in [1.82, 2.24) is 4.98 Å². The summed E-state index contributed by atoms with van der Waals surface area (Å²) in [5.74, 6) is 0.562. The number of hydrogen-bond donors (Lipinski definition) is 1. The van der Waals surface area contributed by atoms with Crippen LogP contribution < -0.4 is 10.6 Å². The van der Waals surface area contributed by atoms with Gasteiger partial charge in [-0.05, 0) is 12.1 Å². The Labute approximate surface area is 77.4 Å². The predicted molar refractivity (Wildman–Crippen MR) is 51.3 cm³/mol. The number of aromatic nitrogens is 1. The summed E-state index contributed by atoms with van der Waals surface area (Å²) in [5, 5.41) is 0. The molecular formula is C9H13N3O. The maximum Gasteiger partial charge on any atom is 0.219 e. The molecule has 0 unspecified atom stereocenters. The van der Waals surface area contributed by atoms with Crippen molar-refractivity contribution in [1.29, 1.82) is 0 Å². The number of pyridine rings is 1. The third-order valence-corrected chi connectivity index (χ3v) is 1.73. The summed E-state index contributed by atoms with van der Waals surface area (Å²) in [6.45, 7) is 0.604. The van der Waals surface area contributed by atoms with Crippen LogP contribution in [0.1, 0.15) is 6.42 Å². The van der Waals surface area contributed by atoms with Crippen LogP contribution in [0.4, 0.5) is 5.82 Å². The van der Waals surface area contributed by atoms with E-state index in [0.717, 1.165) is 5.82 Å². The Hall–Kier alpha value is -1.58. The van der Waals surface area contributed by atoms with Crippen molar-refractivity contribution in [3.05, 3.63) is 24.4 Å². The Bertz CT molecular complexity index is 273. The standard InChI is InChI=1S/C9H13N3O/c1-12(7-5-8(10)13)9-4-2-3-6-11-9/h2-4,6H,5,7H2,1H3,(H2,10,13). The Morgan fingerprint density at radius 1 is 1.62 bits per heavy atom. The molecule has 0 radical (unpaired) electrons. The van der Waals surface area contributed by atoms with E-state index in [1.807, 2.05) is 30.1 Å². The third-order valence-electron chi connectivity index (χ3n) is 1.73. The van der Waals surface area contributed by atoms with Gasteiger partial charge < -0.3 is 10.6 Å². The molecule has 1 amide bonds. The smallest absolute Gasteiger partial charge is 0.219 e. The molecule has 1 aromatic heterocycles. The van der Waals surface area contributed by atoms with Gasteiger partial charge in [0.1, 0.15) is 5.82 Å². The molecule has 0 aliphatic heterocycles. The van der Waals surface area contributed by atoms with Gasteiger partial charge in [0, 0.05) is 26.2 Å². The zero-order valence-corrected chi connectivity index (χ0v) is 7.60. The normalized spacial score (nSPS) is 9.62. The molecule has 0 spiro atoms. The van der Waals surface area contributed by atoms with Crippen LogP contribution in [0.3, 0.4) is 0 Å². The Morgan fingerprint density at radius 3 is 2.92 bits per heavy atom. The van der Waals surface area contributed by atoms with E-state index in [1.165, 1.54) is 0 Å². The van der Waals surface area contributed by atoms with Gasteiger partial charge in [0.15, 0.2) is 0 Å². The minimum atomic E-state index is -0.289. The lowest BCUT2D eigenvalue weighted by Crippen LogP contribution is -2.24. The first-order chi connectivity index (χ1) is 6.20. The van der Waals surface area contributed by atoms with Crippen LogP contribution in [0, 0.1) is 0 Å². The molecule has 70 valence electrons. The molecule has 1 rings (SSSR count). The van der Waals surface area contributed by atoms with Crippen molar-refractivity contribution < 1.29 is 4.79 Å². The molecule has 0 bridgehead atoms. The van der Waals surface area contributed by atoms with Crippen LogP contribution in [0.15, 0.2) is 24.4 Å². The number of primary amides is 1. The van der Waals surface area contributed by atoms with E-state index in [0.29, 0.717) is 13.0 Å². The molecule has 4 heteroatoms. The van der Waals surface area contributed by atoms with Gasteiger partial charge in [-0.2, -0.15) is 0 Å². The fraction of sp³-hybridized carbons (Fsp3) is 0.333. The molecule has 0 saturated heterocycles. The molecule has 13 heavy (non-hydrogen) atoms. The van der Waals surface area contributed by atoms with Crippen molar-refractivity contribution in [3.63, 3.8) is 0 Å². The van der Waals surface area contributed by atoms with Gasteiger partial charge in [0.05, 0.1) is 0 Å². The van der Waals surface area contributed by atoms with Crippen LogP contribution in [0.5, 0.6) is 0 Å². The maximum absolute atomic E-state index is 10.5. The fourth-order valence-corrected chi connectivity index (χ4v) is 0.972. The topological polar surface area (TPSA) is 59.2 Å². The first-order valence-electron chi connectivity index (χ1n) is 4.10. The molecule has 0 fully saturated rings. The molecule has 0 aromatic carbocycles. The van der Waals surface area contributed by atoms with E-state index in [-0.39, 0.29) is 5.91 Å². The highest BCUT2D eigenvalue weighted by molar-refractivity contribution is 5.74. The molecule has 0 saturated carbocycles. The summed E-state index contributed by atoms with van der Waals surface area (Å²) in [6, 6.07) is 5.65. The summed E-state index contributed by atoms with van der Waals surface area (Å²) >= 11 is 0. The van der Waals surface area contributed by atoms with Gasteiger partial charge in [-0.3, -0.25) is 4.79 Å².